The molecule has 1 saturated heterocycles. The van der Waals surface area contributed by atoms with Gasteiger partial charge in [0.05, 0.1) is 30.1 Å². The zero-order valence-corrected chi connectivity index (χ0v) is 13.6. The third kappa shape index (κ3) is 2.30. The van der Waals surface area contributed by atoms with E-state index in [0.29, 0.717) is 12.5 Å². The van der Waals surface area contributed by atoms with Gasteiger partial charge in [-0.1, -0.05) is 6.92 Å². The van der Waals surface area contributed by atoms with Crippen LogP contribution in [0.25, 0.3) is 16.7 Å². The molecule has 2 atom stereocenters. The molecule has 0 aliphatic carbocycles. The molecule has 4 heterocycles. The van der Waals surface area contributed by atoms with Crippen LogP contribution in [-0.4, -0.2) is 50.0 Å². The van der Waals surface area contributed by atoms with Gasteiger partial charge in [-0.2, -0.15) is 0 Å². The van der Waals surface area contributed by atoms with Crippen molar-refractivity contribution >= 4 is 22.7 Å². The number of nitrogens with one attached hydrogen (secondary N) is 2. The Morgan fingerprint density at radius 2 is 2.29 bits per heavy atom. The van der Waals surface area contributed by atoms with E-state index in [0.717, 1.165) is 35.5 Å². The fourth-order valence-corrected chi connectivity index (χ4v) is 3.55. The fourth-order valence-electron chi connectivity index (χ4n) is 3.55. The Morgan fingerprint density at radius 1 is 1.46 bits per heavy atom. The van der Waals surface area contributed by atoms with Crippen molar-refractivity contribution in [2.75, 3.05) is 19.8 Å². The average Bonchev–Trinajstić information content (AvgIpc) is 3.21. The molecule has 1 aliphatic rings. The predicted molar refractivity (Wildman–Crippen MR) is 90.5 cm³/mol. The lowest BCUT2D eigenvalue weighted by Gasteiger charge is -2.36. The molecule has 8 nitrogen and oxygen atoms in total. The number of carbonyl (C=O) groups is 1. The monoisotopic (exact) mass is 327 g/mol. The van der Waals surface area contributed by atoms with Crippen LogP contribution in [0.4, 0.5) is 4.79 Å². The standard InChI is InChI=1S/C16H21N7O/c1-10-3-5-22(16(24)21-9-17)8-12(10)15-20-7-11-6-19-14-13(23(11)15)2-4-18-14/h2,4,6-7,10,12,18H,3,5,8-9,17H2,1H3,(H,21,24)/t10-,12+/m0/s1. The quantitative estimate of drug-likeness (QED) is 0.616. The predicted octanol–water partition coefficient (Wildman–Crippen LogP) is 1.26. The highest BCUT2D eigenvalue weighted by Gasteiger charge is 2.32. The number of likely N-dealkylation sites (tertiary alicyclic amines) is 1. The summed E-state index contributed by atoms with van der Waals surface area (Å²) in [5.41, 5.74) is 8.24. The molecule has 3 aromatic heterocycles. The van der Waals surface area contributed by atoms with Crippen LogP contribution in [0.5, 0.6) is 0 Å². The molecule has 1 aliphatic heterocycles. The van der Waals surface area contributed by atoms with E-state index in [4.69, 9.17) is 5.73 Å². The number of carbonyl (C=O) groups excluding carboxylic acids is 1. The molecule has 2 amide bonds. The molecule has 3 aromatic rings. The maximum Gasteiger partial charge on any atom is 0.318 e. The summed E-state index contributed by atoms with van der Waals surface area (Å²) in [4.78, 5) is 26.2. The number of rotatable bonds is 2. The van der Waals surface area contributed by atoms with Gasteiger partial charge >= 0.3 is 6.03 Å². The first kappa shape index (κ1) is 14.9. The van der Waals surface area contributed by atoms with Gasteiger partial charge in [0, 0.05) is 25.2 Å². The molecule has 126 valence electrons. The van der Waals surface area contributed by atoms with Crippen molar-refractivity contribution in [2.24, 2.45) is 11.7 Å². The molecule has 8 heteroatoms. The topological polar surface area (TPSA) is 104 Å². The van der Waals surface area contributed by atoms with Gasteiger partial charge < -0.3 is 20.9 Å². The number of hydrogen-bond donors (Lipinski definition) is 3. The third-order valence-corrected chi connectivity index (χ3v) is 4.92. The number of amides is 2. The molecule has 4 rings (SSSR count). The zero-order valence-electron chi connectivity index (χ0n) is 13.6. The number of piperidine rings is 1. The van der Waals surface area contributed by atoms with E-state index in [9.17, 15) is 4.79 Å². The first-order chi connectivity index (χ1) is 11.7. The number of urea groups is 1. The van der Waals surface area contributed by atoms with Gasteiger partial charge in [-0.05, 0) is 18.4 Å². The lowest BCUT2D eigenvalue weighted by molar-refractivity contribution is 0.160. The number of fused-ring (bicyclic) bond motifs is 3. The van der Waals surface area contributed by atoms with E-state index in [1.807, 2.05) is 29.6 Å². The van der Waals surface area contributed by atoms with Gasteiger partial charge in [-0.3, -0.25) is 4.40 Å². The summed E-state index contributed by atoms with van der Waals surface area (Å²) in [5, 5.41) is 2.68. The Bertz CT molecular complexity index is 883. The number of aromatic amines is 1. The van der Waals surface area contributed by atoms with Gasteiger partial charge in [0.2, 0.25) is 0 Å². The van der Waals surface area contributed by atoms with E-state index in [2.05, 4.69) is 31.6 Å². The second-order valence-electron chi connectivity index (χ2n) is 6.35. The maximum absolute atomic E-state index is 12.1. The largest absolute Gasteiger partial charge is 0.345 e. The van der Waals surface area contributed by atoms with E-state index >= 15 is 0 Å². The second-order valence-corrected chi connectivity index (χ2v) is 6.35. The summed E-state index contributed by atoms with van der Waals surface area (Å²) in [5.74, 6) is 1.60. The molecule has 24 heavy (non-hydrogen) atoms. The van der Waals surface area contributed by atoms with Crippen molar-refractivity contribution in [3.05, 3.63) is 30.5 Å². The van der Waals surface area contributed by atoms with Gasteiger partial charge in [-0.15, -0.1) is 0 Å². The normalized spacial score (nSPS) is 21.5. The summed E-state index contributed by atoms with van der Waals surface area (Å²) in [6, 6.07) is 1.90. The Labute approximate surface area is 139 Å². The van der Waals surface area contributed by atoms with Crippen LogP contribution in [-0.2, 0) is 0 Å². The number of nitrogens with two attached hydrogens (primary N) is 1. The highest BCUT2D eigenvalue weighted by Crippen LogP contribution is 2.32. The molecule has 0 bridgehead atoms. The Hall–Kier alpha value is -2.61. The van der Waals surface area contributed by atoms with Crippen LogP contribution in [0.15, 0.2) is 24.7 Å². The van der Waals surface area contributed by atoms with Gasteiger partial charge in [0.1, 0.15) is 5.82 Å². The Morgan fingerprint density at radius 3 is 3.12 bits per heavy atom. The molecule has 0 aromatic carbocycles. The van der Waals surface area contributed by atoms with E-state index < -0.39 is 0 Å². The molecule has 1 fully saturated rings. The summed E-state index contributed by atoms with van der Waals surface area (Å²) in [7, 11) is 0. The van der Waals surface area contributed by atoms with Crippen LogP contribution in [0.2, 0.25) is 0 Å². The van der Waals surface area contributed by atoms with E-state index in [1.54, 1.807) is 0 Å². The minimum atomic E-state index is -0.108. The Kier molecular flexibility index (Phi) is 3.61. The van der Waals surface area contributed by atoms with Crippen molar-refractivity contribution < 1.29 is 4.79 Å². The van der Waals surface area contributed by atoms with Crippen LogP contribution in [0.3, 0.4) is 0 Å². The van der Waals surface area contributed by atoms with Crippen LogP contribution in [0.1, 0.15) is 25.1 Å². The number of nitrogens with zero attached hydrogens (tertiary/aromatic N) is 4. The van der Waals surface area contributed by atoms with Crippen LogP contribution >= 0.6 is 0 Å². The van der Waals surface area contributed by atoms with Crippen molar-refractivity contribution in [1.82, 2.24) is 29.6 Å². The summed E-state index contributed by atoms with van der Waals surface area (Å²) < 4.78 is 2.14. The van der Waals surface area contributed by atoms with Crippen molar-refractivity contribution in [3.8, 4) is 0 Å². The van der Waals surface area contributed by atoms with Crippen molar-refractivity contribution in [1.29, 1.82) is 0 Å². The summed E-state index contributed by atoms with van der Waals surface area (Å²) >= 11 is 0. The molecule has 0 spiro atoms. The van der Waals surface area contributed by atoms with Gasteiger partial charge in [0.25, 0.3) is 0 Å². The van der Waals surface area contributed by atoms with Crippen LogP contribution < -0.4 is 11.1 Å². The van der Waals surface area contributed by atoms with Crippen molar-refractivity contribution in [2.45, 2.75) is 19.3 Å². The first-order valence-corrected chi connectivity index (χ1v) is 8.21. The highest BCUT2D eigenvalue weighted by atomic mass is 16.2. The molecule has 0 radical (unpaired) electrons. The molecular weight excluding hydrogens is 306 g/mol. The maximum atomic E-state index is 12.1. The zero-order chi connectivity index (χ0) is 16.7. The molecule has 0 unspecified atom stereocenters. The number of H-pyrrole nitrogens is 1. The van der Waals surface area contributed by atoms with Gasteiger partial charge in [0.15, 0.2) is 5.65 Å². The SMILES string of the molecule is C[C@H]1CCN(C(=O)NCN)C[C@H]1c1ncc2cnc3[nH]ccc3n12. The Balaban J connectivity index is 1.75. The minimum Gasteiger partial charge on any atom is -0.345 e. The first-order valence-electron chi connectivity index (χ1n) is 8.21. The fraction of sp³-hybridized carbons (Fsp3) is 0.438. The minimum absolute atomic E-state index is 0.108. The average molecular weight is 327 g/mol. The van der Waals surface area contributed by atoms with Crippen LogP contribution in [0, 0.1) is 5.92 Å². The molecular formula is C16H21N7O. The summed E-state index contributed by atoms with van der Waals surface area (Å²) in [6.07, 6.45) is 6.49. The molecule has 4 N–H and O–H groups in total. The van der Waals surface area contributed by atoms with Crippen molar-refractivity contribution in [3.63, 3.8) is 0 Å². The highest BCUT2D eigenvalue weighted by molar-refractivity contribution is 5.76. The number of aromatic nitrogens is 4. The lowest BCUT2D eigenvalue weighted by Crippen LogP contribution is -2.48. The van der Waals surface area contributed by atoms with E-state index in [1.165, 1.54) is 0 Å². The number of imidazole rings is 1. The van der Waals surface area contributed by atoms with Gasteiger partial charge in [-0.25, -0.2) is 14.8 Å². The molecule has 0 saturated carbocycles. The third-order valence-electron chi connectivity index (χ3n) is 4.92. The number of hydrogen-bond acceptors (Lipinski definition) is 4. The smallest absolute Gasteiger partial charge is 0.318 e. The van der Waals surface area contributed by atoms with E-state index in [-0.39, 0.29) is 18.6 Å². The second kappa shape index (κ2) is 5.79. The summed E-state index contributed by atoms with van der Waals surface area (Å²) in [6.45, 7) is 3.76. The lowest BCUT2D eigenvalue weighted by atomic mass is 9.86.